The van der Waals surface area contributed by atoms with Crippen LogP contribution in [0.15, 0.2) is 24.4 Å². The third kappa shape index (κ3) is 2.65. The zero-order valence-electron chi connectivity index (χ0n) is 9.57. The van der Waals surface area contributed by atoms with E-state index in [1.165, 1.54) is 0 Å². The van der Waals surface area contributed by atoms with Crippen LogP contribution in [0.2, 0.25) is 5.02 Å². The third-order valence-electron chi connectivity index (χ3n) is 2.22. The standard InChI is InChI=1S/C12H12ClN3O/c1-7-6-15-8(2)12(16-7)17-9-3-4-11(14)10(13)5-9/h3-6H,14H2,1-2H3. The number of hydrogen-bond donors (Lipinski definition) is 1. The summed E-state index contributed by atoms with van der Waals surface area (Å²) < 4.78 is 5.61. The summed E-state index contributed by atoms with van der Waals surface area (Å²) in [7, 11) is 0. The lowest BCUT2D eigenvalue weighted by Gasteiger charge is -2.08. The average molecular weight is 250 g/mol. The van der Waals surface area contributed by atoms with E-state index >= 15 is 0 Å². The van der Waals surface area contributed by atoms with Gasteiger partial charge in [0.1, 0.15) is 5.75 Å². The Morgan fingerprint density at radius 3 is 2.76 bits per heavy atom. The van der Waals surface area contributed by atoms with Crippen molar-refractivity contribution >= 4 is 17.3 Å². The summed E-state index contributed by atoms with van der Waals surface area (Å²) in [4.78, 5) is 8.43. The SMILES string of the molecule is Cc1cnc(C)c(Oc2ccc(N)c(Cl)c2)n1. The highest BCUT2D eigenvalue weighted by molar-refractivity contribution is 6.33. The largest absolute Gasteiger partial charge is 0.437 e. The van der Waals surface area contributed by atoms with Crippen molar-refractivity contribution in [3.63, 3.8) is 0 Å². The lowest BCUT2D eigenvalue weighted by molar-refractivity contribution is 0.454. The first-order valence-electron chi connectivity index (χ1n) is 5.09. The van der Waals surface area contributed by atoms with E-state index < -0.39 is 0 Å². The Kier molecular flexibility index (Phi) is 3.15. The molecule has 0 fully saturated rings. The first-order valence-corrected chi connectivity index (χ1v) is 5.47. The molecule has 0 amide bonds. The van der Waals surface area contributed by atoms with Gasteiger partial charge in [0.2, 0.25) is 5.88 Å². The Balaban J connectivity index is 2.31. The monoisotopic (exact) mass is 249 g/mol. The number of nitrogens with two attached hydrogens (primary N) is 1. The minimum absolute atomic E-state index is 0.459. The van der Waals surface area contributed by atoms with Gasteiger partial charge in [0.05, 0.1) is 22.1 Å². The van der Waals surface area contributed by atoms with E-state index in [1.807, 2.05) is 13.8 Å². The fourth-order valence-corrected chi connectivity index (χ4v) is 1.47. The highest BCUT2D eigenvalue weighted by Crippen LogP contribution is 2.28. The number of aromatic nitrogens is 2. The molecule has 0 bridgehead atoms. The molecule has 2 aromatic rings. The summed E-state index contributed by atoms with van der Waals surface area (Å²) in [6.45, 7) is 3.69. The zero-order chi connectivity index (χ0) is 12.4. The summed E-state index contributed by atoms with van der Waals surface area (Å²) in [5.41, 5.74) is 7.66. The van der Waals surface area contributed by atoms with Crippen LogP contribution in [0.25, 0.3) is 0 Å². The van der Waals surface area contributed by atoms with E-state index in [-0.39, 0.29) is 0 Å². The lowest BCUT2D eigenvalue weighted by Crippen LogP contribution is -1.96. The molecule has 0 spiro atoms. The van der Waals surface area contributed by atoms with Crippen LogP contribution < -0.4 is 10.5 Å². The number of anilines is 1. The van der Waals surface area contributed by atoms with Crippen molar-refractivity contribution < 1.29 is 4.74 Å². The number of nitrogen functional groups attached to an aromatic ring is 1. The van der Waals surface area contributed by atoms with Gasteiger partial charge in [-0.05, 0) is 26.0 Å². The van der Waals surface area contributed by atoms with E-state index in [9.17, 15) is 0 Å². The second-order valence-electron chi connectivity index (χ2n) is 3.69. The Morgan fingerprint density at radius 2 is 2.06 bits per heavy atom. The summed E-state index contributed by atoms with van der Waals surface area (Å²) in [6, 6.07) is 5.08. The van der Waals surface area contributed by atoms with Crippen LogP contribution in [-0.4, -0.2) is 9.97 Å². The molecule has 1 aromatic heterocycles. The molecule has 0 radical (unpaired) electrons. The maximum absolute atomic E-state index is 5.91. The number of halogens is 1. The molecular formula is C12H12ClN3O. The number of ether oxygens (including phenoxy) is 1. The van der Waals surface area contributed by atoms with Crippen molar-refractivity contribution in [2.75, 3.05) is 5.73 Å². The van der Waals surface area contributed by atoms with Crippen molar-refractivity contribution in [1.29, 1.82) is 0 Å². The van der Waals surface area contributed by atoms with E-state index in [2.05, 4.69) is 9.97 Å². The second kappa shape index (κ2) is 4.59. The molecule has 0 unspecified atom stereocenters. The molecule has 17 heavy (non-hydrogen) atoms. The summed E-state index contributed by atoms with van der Waals surface area (Å²) in [5.74, 6) is 1.07. The normalized spacial score (nSPS) is 10.3. The number of hydrogen-bond acceptors (Lipinski definition) is 4. The fraction of sp³-hybridized carbons (Fsp3) is 0.167. The van der Waals surface area contributed by atoms with Crippen molar-refractivity contribution in [3.05, 3.63) is 40.8 Å². The molecule has 0 saturated carbocycles. The van der Waals surface area contributed by atoms with Crippen molar-refractivity contribution in [1.82, 2.24) is 9.97 Å². The number of rotatable bonds is 2. The van der Waals surface area contributed by atoms with E-state index in [0.29, 0.717) is 22.3 Å². The van der Waals surface area contributed by atoms with E-state index in [0.717, 1.165) is 11.4 Å². The molecule has 88 valence electrons. The first kappa shape index (κ1) is 11.7. The van der Waals surface area contributed by atoms with Crippen LogP contribution in [-0.2, 0) is 0 Å². The fourth-order valence-electron chi connectivity index (χ4n) is 1.30. The number of benzene rings is 1. The van der Waals surface area contributed by atoms with Crippen LogP contribution in [0.3, 0.4) is 0 Å². The quantitative estimate of drug-likeness (QED) is 0.831. The first-order chi connectivity index (χ1) is 8.06. The van der Waals surface area contributed by atoms with Gasteiger partial charge in [0.15, 0.2) is 0 Å². The predicted molar refractivity (Wildman–Crippen MR) is 67.4 cm³/mol. The maximum Gasteiger partial charge on any atom is 0.241 e. The van der Waals surface area contributed by atoms with Crippen molar-refractivity contribution in [3.8, 4) is 11.6 Å². The van der Waals surface area contributed by atoms with Crippen molar-refractivity contribution in [2.24, 2.45) is 0 Å². The second-order valence-corrected chi connectivity index (χ2v) is 4.09. The number of aryl methyl sites for hydroxylation is 2. The van der Waals surface area contributed by atoms with Gasteiger partial charge in [0.25, 0.3) is 0 Å². The number of nitrogens with zero attached hydrogens (tertiary/aromatic N) is 2. The van der Waals surface area contributed by atoms with Gasteiger partial charge >= 0.3 is 0 Å². The maximum atomic E-state index is 5.91. The predicted octanol–water partition coefficient (Wildman–Crippen LogP) is 3.12. The Hall–Kier alpha value is -1.81. The average Bonchev–Trinajstić information content (AvgIpc) is 2.29. The molecule has 1 aromatic carbocycles. The Morgan fingerprint density at radius 1 is 1.29 bits per heavy atom. The molecular weight excluding hydrogens is 238 g/mol. The molecule has 1 heterocycles. The molecule has 2 rings (SSSR count). The summed E-state index contributed by atoms with van der Waals surface area (Å²) >= 11 is 5.91. The minimum Gasteiger partial charge on any atom is -0.437 e. The van der Waals surface area contributed by atoms with Crippen molar-refractivity contribution in [2.45, 2.75) is 13.8 Å². The van der Waals surface area contributed by atoms with Gasteiger partial charge in [-0.1, -0.05) is 11.6 Å². The molecule has 0 aliphatic carbocycles. The molecule has 0 aliphatic rings. The van der Waals surface area contributed by atoms with Crippen LogP contribution in [0.4, 0.5) is 5.69 Å². The Bertz CT molecular complexity index is 557. The lowest BCUT2D eigenvalue weighted by atomic mass is 10.3. The molecule has 5 heteroatoms. The van der Waals surface area contributed by atoms with E-state index in [1.54, 1.807) is 24.4 Å². The molecule has 0 atom stereocenters. The summed E-state index contributed by atoms with van der Waals surface area (Å²) in [6.07, 6.45) is 1.69. The smallest absolute Gasteiger partial charge is 0.241 e. The molecule has 2 N–H and O–H groups in total. The zero-order valence-corrected chi connectivity index (χ0v) is 10.3. The molecule has 0 saturated heterocycles. The van der Waals surface area contributed by atoms with Gasteiger partial charge < -0.3 is 10.5 Å². The summed E-state index contributed by atoms with van der Waals surface area (Å²) in [5, 5.41) is 0.459. The van der Waals surface area contributed by atoms with Gasteiger partial charge in [-0.15, -0.1) is 0 Å². The van der Waals surface area contributed by atoms with Gasteiger partial charge in [0, 0.05) is 12.3 Å². The molecule has 4 nitrogen and oxygen atoms in total. The van der Waals surface area contributed by atoms with Crippen LogP contribution in [0, 0.1) is 13.8 Å². The molecule has 0 aliphatic heterocycles. The van der Waals surface area contributed by atoms with Crippen LogP contribution >= 0.6 is 11.6 Å². The van der Waals surface area contributed by atoms with Gasteiger partial charge in [-0.2, -0.15) is 0 Å². The van der Waals surface area contributed by atoms with Crippen LogP contribution in [0.1, 0.15) is 11.4 Å². The minimum atomic E-state index is 0.459. The Labute approximate surface area is 104 Å². The topological polar surface area (TPSA) is 61.0 Å². The highest BCUT2D eigenvalue weighted by Gasteiger charge is 2.06. The highest BCUT2D eigenvalue weighted by atomic mass is 35.5. The third-order valence-corrected chi connectivity index (χ3v) is 2.55. The van der Waals surface area contributed by atoms with Crippen LogP contribution in [0.5, 0.6) is 11.6 Å². The van der Waals surface area contributed by atoms with E-state index in [4.69, 9.17) is 22.1 Å². The van der Waals surface area contributed by atoms with Gasteiger partial charge in [-0.25, -0.2) is 4.98 Å². The van der Waals surface area contributed by atoms with Gasteiger partial charge in [-0.3, -0.25) is 4.98 Å².